The molecule has 0 unspecified atom stereocenters. The van der Waals surface area contributed by atoms with E-state index in [4.69, 9.17) is 14.2 Å². The van der Waals surface area contributed by atoms with E-state index in [0.29, 0.717) is 17.1 Å². The monoisotopic (exact) mass is 368 g/mol. The molecule has 0 amide bonds. The van der Waals surface area contributed by atoms with E-state index in [0.717, 1.165) is 11.3 Å². The summed E-state index contributed by atoms with van der Waals surface area (Å²) < 4.78 is 17.2. The Kier molecular flexibility index (Phi) is 5.71. The van der Waals surface area contributed by atoms with Crippen LogP contribution >= 0.6 is 0 Å². The molecule has 2 aromatic heterocycles. The molecule has 3 aromatic rings. The summed E-state index contributed by atoms with van der Waals surface area (Å²) in [6.07, 6.45) is 1.77. The molecule has 0 aliphatic rings. The fraction of sp³-hybridized carbons (Fsp3) is 0.250. The summed E-state index contributed by atoms with van der Waals surface area (Å²) in [6, 6.07) is 12.1. The maximum Gasteiger partial charge on any atom is 0.309 e. The molecule has 2 heterocycles. The van der Waals surface area contributed by atoms with Crippen LogP contribution in [0.2, 0.25) is 0 Å². The Labute approximate surface area is 156 Å². The third kappa shape index (κ3) is 4.84. The number of aromatic nitrogens is 2. The van der Waals surface area contributed by atoms with Crippen LogP contribution in [0.1, 0.15) is 17.7 Å². The van der Waals surface area contributed by atoms with Crippen LogP contribution in [0.25, 0.3) is 5.65 Å². The smallest absolute Gasteiger partial charge is 0.309 e. The van der Waals surface area contributed by atoms with Gasteiger partial charge in [0.1, 0.15) is 23.8 Å². The molecule has 0 saturated carbocycles. The molecule has 7 heteroatoms. The fourth-order valence-corrected chi connectivity index (χ4v) is 2.48. The molecule has 3 rings (SSSR count). The van der Waals surface area contributed by atoms with Crippen molar-refractivity contribution < 1.29 is 19.0 Å². The summed E-state index contributed by atoms with van der Waals surface area (Å²) in [4.78, 5) is 28.3. The molecule has 0 bridgehead atoms. The molecule has 0 radical (unpaired) electrons. The zero-order chi connectivity index (χ0) is 19.2. The first-order chi connectivity index (χ1) is 13.0. The number of esters is 1. The Morgan fingerprint density at radius 1 is 1.11 bits per heavy atom. The second-order valence-corrected chi connectivity index (χ2v) is 5.95. The van der Waals surface area contributed by atoms with Gasteiger partial charge in [-0.1, -0.05) is 0 Å². The summed E-state index contributed by atoms with van der Waals surface area (Å²) in [5, 5.41) is 0. The van der Waals surface area contributed by atoms with Crippen molar-refractivity contribution in [1.82, 2.24) is 9.38 Å². The average Bonchev–Trinajstić information content (AvgIpc) is 2.66. The Morgan fingerprint density at radius 2 is 1.85 bits per heavy atom. The number of carbonyl (C=O) groups excluding carboxylic acids is 1. The summed E-state index contributed by atoms with van der Waals surface area (Å²) in [5.74, 6) is 0.952. The minimum Gasteiger partial charge on any atom is -0.497 e. The van der Waals surface area contributed by atoms with E-state index >= 15 is 0 Å². The SMILES string of the molecule is COc1ccc(OCCC(=O)OCc2cc(=O)n3ccc(C)cc3n2)cc1. The highest BCUT2D eigenvalue weighted by Gasteiger charge is 2.08. The molecule has 140 valence electrons. The molecule has 27 heavy (non-hydrogen) atoms. The molecule has 0 saturated heterocycles. The lowest BCUT2D eigenvalue weighted by molar-refractivity contribution is -0.145. The Balaban J connectivity index is 1.51. The second-order valence-electron chi connectivity index (χ2n) is 5.95. The summed E-state index contributed by atoms with van der Waals surface area (Å²) in [7, 11) is 1.59. The molecule has 1 aromatic carbocycles. The van der Waals surface area contributed by atoms with Gasteiger partial charge in [0.25, 0.3) is 5.56 Å². The quantitative estimate of drug-likeness (QED) is 0.596. The van der Waals surface area contributed by atoms with Gasteiger partial charge in [0.05, 0.1) is 25.8 Å². The van der Waals surface area contributed by atoms with E-state index in [2.05, 4.69) is 4.98 Å². The Hall–Kier alpha value is -3.35. The van der Waals surface area contributed by atoms with E-state index in [1.807, 2.05) is 13.0 Å². The van der Waals surface area contributed by atoms with Crippen molar-refractivity contribution in [3.63, 3.8) is 0 Å². The molecule has 0 fully saturated rings. The number of pyridine rings is 1. The van der Waals surface area contributed by atoms with Gasteiger partial charge in [0, 0.05) is 12.3 Å². The van der Waals surface area contributed by atoms with Crippen LogP contribution in [0, 0.1) is 6.92 Å². The van der Waals surface area contributed by atoms with Crippen LogP contribution in [-0.2, 0) is 16.1 Å². The minimum absolute atomic E-state index is 0.0545. The number of aryl methyl sites for hydroxylation is 1. The third-order valence-corrected chi connectivity index (χ3v) is 3.89. The second kappa shape index (κ2) is 8.35. The first-order valence-corrected chi connectivity index (χ1v) is 8.46. The number of nitrogens with zero attached hydrogens (tertiary/aromatic N) is 2. The van der Waals surface area contributed by atoms with Crippen molar-refractivity contribution in [2.24, 2.45) is 0 Å². The average molecular weight is 368 g/mol. The molecule has 0 N–H and O–H groups in total. The third-order valence-electron chi connectivity index (χ3n) is 3.89. The highest BCUT2D eigenvalue weighted by Crippen LogP contribution is 2.17. The highest BCUT2D eigenvalue weighted by atomic mass is 16.5. The zero-order valence-corrected chi connectivity index (χ0v) is 15.2. The van der Waals surface area contributed by atoms with Crippen LogP contribution in [0.4, 0.5) is 0 Å². The van der Waals surface area contributed by atoms with Crippen molar-refractivity contribution in [1.29, 1.82) is 0 Å². The van der Waals surface area contributed by atoms with Crippen molar-refractivity contribution in [3.05, 3.63) is 70.3 Å². The lowest BCUT2D eigenvalue weighted by atomic mass is 10.3. The van der Waals surface area contributed by atoms with Crippen LogP contribution in [0.3, 0.4) is 0 Å². The van der Waals surface area contributed by atoms with Gasteiger partial charge >= 0.3 is 5.97 Å². The normalized spacial score (nSPS) is 10.6. The maximum absolute atomic E-state index is 12.1. The van der Waals surface area contributed by atoms with Gasteiger partial charge in [-0.2, -0.15) is 0 Å². The number of hydrogen-bond donors (Lipinski definition) is 0. The summed E-state index contributed by atoms with van der Waals surface area (Å²) >= 11 is 0. The van der Waals surface area contributed by atoms with E-state index < -0.39 is 5.97 Å². The van der Waals surface area contributed by atoms with Crippen LogP contribution < -0.4 is 15.0 Å². The first kappa shape index (κ1) is 18.4. The number of carbonyl (C=O) groups is 1. The highest BCUT2D eigenvalue weighted by molar-refractivity contribution is 5.69. The minimum atomic E-state index is -0.422. The molecule has 0 aliphatic carbocycles. The number of rotatable bonds is 7. The van der Waals surface area contributed by atoms with Gasteiger partial charge < -0.3 is 14.2 Å². The number of ether oxygens (including phenoxy) is 3. The van der Waals surface area contributed by atoms with E-state index in [9.17, 15) is 9.59 Å². The molecule has 0 spiro atoms. The number of hydrogen-bond acceptors (Lipinski definition) is 6. The van der Waals surface area contributed by atoms with E-state index in [1.165, 1.54) is 10.5 Å². The zero-order valence-electron chi connectivity index (χ0n) is 15.2. The number of benzene rings is 1. The fourth-order valence-electron chi connectivity index (χ4n) is 2.48. The molecular weight excluding hydrogens is 348 g/mol. The summed E-state index contributed by atoms with van der Waals surface area (Å²) in [5.41, 5.74) is 1.71. The predicted octanol–water partition coefficient (Wildman–Crippen LogP) is 2.52. The topological polar surface area (TPSA) is 79.1 Å². The predicted molar refractivity (Wildman–Crippen MR) is 99.1 cm³/mol. The van der Waals surface area contributed by atoms with Gasteiger partial charge in [-0.25, -0.2) is 4.98 Å². The maximum atomic E-state index is 12.1. The van der Waals surface area contributed by atoms with Gasteiger partial charge in [-0.05, 0) is 48.9 Å². The van der Waals surface area contributed by atoms with Crippen LogP contribution in [0.5, 0.6) is 11.5 Å². The van der Waals surface area contributed by atoms with Gasteiger partial charge in [0.2, 0.25) is 0 Å². The van der Waals surface area contributed by atoms with Crippen molar-refractivity contribution in [2.45, 2.75) is 20.0 Å². The standard InChI is InChI=1S/C20H20N2O5/c1-14-7-9-22-18(11-14)21-15(12-19(22)23)13-27-20(24)8-10-26-17-5-3-16(25-2)4-6-17/h3-7,9,11-12H,8,10,13H2,1-2H3. The van der Waals surface area contributed by atoms with Crippen LogP contribution in [-0.4, -0.2) is 29.1 Å². The Morgan fingerprint density at radius 3 is 2.59 bits per heavy atom. The molecule has 0 aliphatic heterocycles. The molecular formula is C20H20N2O5. The Bertz CT molecular complexity index is 995. The summed E-state index contributed by atoms with van der Waals surface area (Å²) in [6.45, 7) is 2.06. The number of methoxy groups -OCH3 is 1. The van der Waals surface area contributed by atoms with E-state index in [-0.39, 0.29) is 25.2 Å². The number of fused-ring (bicyclic) bond motifs is 1. The van der Waals surface area contributed by atoms with Gasteiger partial charge in [-0.3, -0.25) is 14.0 Å². The van der Waals surface area contributed by atoms with Gasteiger partial charge in [-0.15, -0.1) is 0 Å². The van der Waals surface area contributed by atoms with E-state index in [1.54, 1.807) is 43.6 Å². The molecule has 0 atom stereocenters. The van der Waals surface area contributed by atoms with Crippen molar-refractivity contribution >= 4 is 11.6 Å². The van der Waals surface area contributed by atoms with Crippen molar-refractivity contribution in [2.75, 3.05) is 13.7 Å². The van der Waals surface area contributed by atoms with Gasteiger partial charge in [0.15, 0.2) is 0 Å². The lowest BCUT2D eigenvalue weighted by Gasteiger charge is -2.08. The lowest BCUT2D eigenvalue weighted by Crippen LogP contribution is -2.17. The molecule has 7 nitrogen and oxygen atoms in total. The largest absolute Gasteiger partial charge is 0.497 e. The first-order valence-electron chi connectivity index (χ1n) is 8.46. The van der Waals surface area contributed by atoms with Crippen LogP contribution in [0.15, 0.2) is 53.5 Å². The van der Waals surface area contributed by atoms with Crippen molar-refractivity contribution in [3.8, 4) is 11.5 Å².